The maximum Gasteiger partial charge on any atom is 0.261 e. The number of amides is 2. The molecular formula is C29H23ClF2N4O3S. The lowest BCUT2D eigenvalue weighted by molar-refractivity contribution is 0.0646. The normalized spacial score (nSPS) is 12.6. The highest BCUT2D eigenvalue weighted by Gasteiger charge is 2.34. The number of hydrogen-bond donors (Lipinski definition) is 1. The largest absolute Gasteiger partial charge is 0.493 e. The summed E-state index contributed by atoms with van der Waals surface area (Å²) in [5, 5.41) is 3.30. The van der Waals surface area contributed by atoms with E-state index in [4.69, 9.17) is 16.3 Å². The molecule has 204 valence electrons. The first-order valence-corrected chi connectivity index (χ1v) is 14.1. The fraction of sp³-hybridized carbons (Fsp3) is 0.172. The zero-order chi connectivity index (χ0) is 28.2. The SMILES string of the molecule is CSCc1cc(Cl)nc(Nc2cc(-c3c(F)cccc3OCCCN3C(=O)c4ccccc4C3=O)c(F)cn2)c1. The molecule has 1 aliphatic rings. The second-order valence-electron chi connectivity index (χ2n) is 8.91. The Kier molecular flexibility index (Phi) is 8.27. The molecule has 1 aliphatic heterocycles. The maximum atomic E-state index is 15.1. The van der Waals surface area contributed by atoms with E-state index < -0.39 is 11.6 Å². The maximum absolute atomic E-state index is 15.1. The Morgan fingerprint density at radius 1 is 0.950 bits per heavy atom. The number of pyridine rings is 2. The van der Waals surface area contributed by atoms with Crippen molar-refractivity contribution in [1.82, 2.24) is 14.9 Å². The molecule has 0 atom stereocenters. The molecule has 40 heavy (non-hydrogen) atoms. The first-order chi connectivity index (χ1) is 19.4. The molecule has 0 radical (unpaired) electrons. The second-order valence-corrected chi connectivity index (χ2v) is 10.2. The first kappa shape index (κ1) is 27.5. The Balaban J connectivity index is 1.31. The number of fused-ring (bicyclic) bond motifs is 1. The topological polar surface area (TPSA) is 84.4 Å². The molecule has 2 aromatic heterocycles. The number of hydrogen-bond acceptors (Lipinski definition) is 7. The van der Waals surface area contributed by atoms with Crippen LogP contribution in [-0.2, 0) is 5.75 Å². The summed E-state index contributed by atoms with van der Waals surface area (Å²) >= 11 is 7.77. The van der Waals surface area contributed by atoms with Gasteiger partial charge in [-0.25, -0.2) is 18.7 Å². The third-order valence-electron chi connectivity index (χ3n) is 6.18. The number of rotatable bonds is 10. The predicted octanol–water partition coefficient (Wildman–Crippen LogP) is 6.75. The highest BCUT2D eigenvalue weighted by atomic mass is 35.5. The van der Waals surface area contributed by atoms with Gasteiger partial charge in [-0.1, -0.05) is 29.8 Å². The summed E-state index contributed by atoms with van der Waals surface area (Å²) in [5.74, 6) is -0.656. The third-order valence-corrected chi connectivity index (χ3v) is 7.00. The van der Waals surface area contributed by atoms with E-state index in [0.717, 1.165) is 22.4 Å². The van der Waals surface area contributed by atoms with Gasteiger partial charge in [-0.2, -0.15) is 11.8 Å². The molecule has 0 saturated heterocycles. The van der Waals surface area contributed by atoms with Gasteiger partial charge in [-0.3, -0.25) is 14.5 Å². The van der Waals surface area contributed by atoms with Crippen LogP contribution in [0.25, 0.3) is 11.1 Å². The summed E-state index contributed by atoms with van der Waals surface area (Å²) in [4.78, 5) is 34.6. The first-order valence-electron chi connectivity index (χ1n) is 12.3. The van der Waals surface area contributed by atoms with Gasteiger partial charge in [0.2, 0.25) is 0 Å². The van der Waals surface area contributed by atoms with Crippen LogP contribution in [0.3, 0.4) is 0 Å². The number of thioether (sulfide) groups is 1. The van der Waals surface area contributed by atoms with Crippen molar-refractivity contribution in [1.29, 1.82) is 0 Å². The summed E-state index contributed by atoms with van der Waals surface area (Å²) in [6, 6.07) is 15.8. The molecule has 7 nitrogen and oxygen atoms in total. The van der Waals surface area contributed by atoms with Crippen molar-refractivity contribution in [2.75, 3.05) is 24.7 Å². The lowest BCUT2D eigenvalue weighted by Gasteiger charge is -2.16. The zero-order valence-corrected chi connectivity index (χ0v) is 22.9. The highest BCUT2D eigenvalue weighted by molar-refractivity contribution is 7.97. The number of carbonyl (C=O) groups is 2. The lowest BCUT2D eigenvalue weighted by atomic mass is 10.0. The number of nitrogens with one attached hydrogen (secondary N) is 1. The zero-order valence-electron chi connectivity index (χ0n) is 21.3. The van der Waals surface area contributed by atoms with Crippen LogP contribution in [0.15, 0.2) is 66.9 Å². The summed E-state index contributed by atoms with van der Waals surface area (Å²) in [6.45, 7) is 0.187. The number of imide groups is 1. The van der Waals surface area contributed by atoms with E-state index in [9.17, 15) is 14.0 Å². The van der Waals surface area contributed by atoms with Gasteiger partial charge < -0.3 is 10.1 Å². The van der Waals surface area contributed by atoms with E-state index in [1.807, 2.05) is 6.26 Å². The molecule has 5 rings (SSSR count). The molecule has 0 unspecified atom stereocenters. The molecule has 0 bridgehead atoms. The van der Waals surface area contributed by atoms with Crippen molar-refractivity contribution in [2.24, 2.45) is 0 Å². The van der Waals surface area contributed by atoms with Gasteiger partial charge in [-0.05, 0) is 60.7 Å². The Morgan fingerprint density at radius 3 is 2.42 bits per heavy atom. The van der Waals surface area contributed by atoms with Crippen LogP contribution < -0.4 is 10.1 Å². The smallest absolute Gasteiger partial charge is 0.261 e. The molecule has 3 heterocycles. The molecule has 0 fully saturated rings. The molecule has 0 aliphatic carbocycles. The van der Waals surface area contributed by atoms with Crippen molar-refractivity contribution in [3.63, 3.8) is 0 Å². The Bertz CT molecular complexity index is 1570. The monoisotopic (exact) mass is 580 g/mol. The summed E-state index contributed by atoms with van der Waals surface area (Å²) < 4.78 is 35.8. The molecule has 2 amide bonds. The highest BCUT2D eigenvalue weighted by Crippen LogP contribution is 2.36. The molecule has 0 spiro atoms. The van der Waals surface area contributed by atoms with Gasteiger partial charge in [0.1, 0.15) is 34.2 Å². The second kappa shape index (κ2) is 12.0. The summed E-state index contributed by atoms with van der Waals surface area (Å²) in [7, 11) is 0. The van der Waals surface area contributed by atoms with Gasteiger partial charge in [0.05, 0.1) is 29.5 Å². The summed E-state index contributed by atoms with van der Waals surface area (Å²) in [5.41, 5.74) is 1.55. The quantitative estimate of drug-likeness (QED) is 0.126. The van der Waals surface area contributed by atoms with Gasteiger partial charge in [0.25, 0.3) is 11.8 Å². The van der Waals surface area contributed by atoms with E-state index in [-0.39, 0.29) is 47.7 Å². The average molecular weight is 581 g/mol. The van der Waals surface area contributed by atoms with Crippen molar-refractivity contribution in [3.8, 4) is 16.9 Å². The molecule has 0 saturated carbocycles. The predicted molar refractivity (Wildman–Crippen MR) is 151 cm³/mol. The van der Waals surface area contributed by atoms with Gasteiger partial charge in [0.15, 0.2) is 0 Å². The van der Waals surface area contributed by atoms with Crippen molar-refractivity contribution < 1.29 is 23.1 Å². The Labute approximate surface area is 238 Å². The fourth-order valence-corrected chi connectivity index (χ4v) is 5.16. The fourth-order valence-electron chi connectivity index (χ4n) is 4.43. The van der Waals surface area contributed by atoms with Crippen LogP contribution in [0.1, 0.15) is 32.7 Å². The minimum atomic E-state index is -0.742. The molecule has 11 heteroatoms. The number of anilines is 2. The lowest BCUT2D eigenvalue weighted by Crippen LogP contribution is -2.31. The minimum Gasteiger partial charge on any atom is -0.493 e. The van der Waals surface area contributed by atoms with Crippen molar-refractivity contribution in [3.05, 3.63) is 100 Å². The Hall–Kier alpha value is -4.02. The van der Waals surface area contributed by atoms with Crippen molar-refractivity contribution in [2.45, 2.75) is 12.2 Å². The van der Waals surface area contributed by atoms with E-state index >= 15 is 4.39 Å². The number of nitrogens with zero attached hydrogens (tertiary/aromatic N) is 3. The minimum absolute atomic E-state index is 0.0580. The van der Waals surface area contributed by atoms with Gasteiger partial charge in [-0.15, -0.1) is 0 Å². The summed E-state index contributed by atoms with van der Waals surface area (Å²) in [6.07, 6.45) is 3.25. The van der Waals surface area contributed by atoms with Crippen LogP contribution >= 0.6 is 23.4 Å². The van der Waals surface area contributed by atoms with E-state index in [2.05, 4.69) is 15.3 Å². The number of aromatic nitrogens is 2. The number of ether oxygens (including phenoxy) is 1. The number of halogens is 3. The standard InChI is InChI=1S/C29H23ClF2N4O3S/c1-40-16-17-12-24(30)34-26(13-17)35-25-14-20(22(32)15-33-25)27-21(31)8-4-9-23(27)39-11-5-10-36-28(37)18-6-2-3-7-19(18)29(36)38/h2-4,6-9,12-15H,5,10-11,16H2,1H3,(H,33,34,35). The van der Waals surface area contributed by atoms with Gasteiger partial charge in [0, 0.05) is 17.9 Å². The van der Waals surface area contributed by atoms with Crippen molar-refractivity contribution >= 4 is 46.8 Å². The molecule has 4 aromatic rings. The van der Waals surface area contributed by atoms with E-state index in [1.165, 1.54) is 24.3 Å². The Morgan fingerprint density at radius 2 is 1.70 bits per heavy atom. The van der Waals surface area contributed by atoms with Gasteiger partial charge >= 0.3 is 0 Å². The molecule has 2 aromatic carbocycles. The van der Waals surface area contributed by atoms with E-state index in [0.29, 0.717) is 28.5 Å². The number of carbonyl (C=O) groups excluding carboxylic acids is 2. The molecular weight excluding hydrogens is 558 g/mol. The van der Waals surface area contributed by atoms with Crippen LogP contribution in [0, 0.1) is 11.6 Å². The third kappa shape index (κ3) is 5.78. The number of benzene rings is 2. The molecule has 1 N–H and O–H groups in total. The van der Waals surface area contributed by atoms with Crippen LogP contribution in [-0.4, -0.2) is 46.1 Å². The van der Waals surface area contributed by atoms with Crippen LogP contribution in [0.2, 0.25) is 5.15 Å². The van der Waals surface area contributed by atoms with Crippen LogP contribution in [0.4, 0.5) is 20.4 Å². The van der Waals surface area contributed by atoms with Crippen LogP contribution in [0.5, 0.6) is 5.75 Å². The average Bonchev–Trinajstić information content (AvgIpc) is 3.17. The van der Waals surface area contributed by atoms with E-state index in [1.54, 1.807) is 48.2 Å².